The highest BCUT2D eigenvalue weighted by atomic mass is 16.6. The van der Waals surface area contributed by atoms with Crippen molar-refractivity contribution in [2.45, 2.75) is 46.6 Å². The molecule has 0 bridgehead atoms. The fraction of sp³-hybridized carbons (Fsp3) is 0.895. The summed E-state index contributed by atoms with van der Waals surface area (Å²) in [4.78, 5) is 23.4. The minimum atomic E-state index is -0.204. The summed E-state index contributed by atoms with van der Waals surface area (Å²) in [7, 11) is 0. The van der Waals surface area contributed by atoms with Crippen molar-refractivity contribution in [3.63, 3.8) is 0 Å². The fourth-order valence-electron chi connectivity index (χ4n) is 3.67. The second-order valence-electron chi connectivity index (χ2n) is 7.46. The van der Waals surface area contributed by atoms with E-state index in [9.17, 15) is 4.79 Å². The van der Waals surface area contributed by atoms with Crippen LogP contribution in [-0.2, 0) is 4.74 Å². The number of likely N-dealkylation sites (tertiary alicyclic amines) is 1. The number of ether oxygens (including phenoxy) is 1. The summed E-state index contributed by atoms with van der Waals surface area (Å²) in [6.45, 7) is 16.0. The molecule has 1 unspecified atom stereocenters. The third-order valence-corrected chi connectivity index (χ3v) is 5.22. The molecule has 150 valence electrons. The van der Waals surface area contributed by atoms with E-state index in [-0.39, 0.29) is 6.09 Å². The molecule has 0 saturated carbocycles. The minimum Gasteiger partial charge on any atom is -0.450 e. The molecule has 26 heavy (non-hydrogen) atoms. The Bertz CT molecular complexity index is 461. The largest absolute Gasteiger partial charge is 0.450 e. The van der Waals surface area contributed by atoms with Gasteiger partial charge in [-0.1, -0.05) is 0 Å². The second-order valence-corrected chi connectivity index (χ2v) is 7.46. The van der Waals surface area contributed by atoms with Crippen molar-refractivity contribution in [1.29, 1.82) is 0 Å². The molecule has 7 nitrogen and oxygen atoms in total. The Hall–Kier alpha value is -1.50. The number of hydrogen-bond acceptors (Lipinski definition) is 4. The normalized spacial score (nSPS) is 22.7. The average molecular weight is 368 g/mol. The van der Waals surface area contributed by atoms with E-state index >= 15 is 0 Å². The first-order chi connectivity index (χ1) is 12.5. The van der Waals surface area contributed by atoms with Gasteiger partial charge in [0, 0.05) is 51.9 Å². The number of carbonyl (C=O) groups excluding carboxylic acids is 1. The van der Waals surface area contributed by atoms with Gasteiger partial charge in [0.25, 0.3) is 0 Å². The van der Waals surface area contributed by atoms with Gasteiger partial charge in [0.1, 0.15) is 0 Å². The van der Waals surface area contributed by atoms with E-state index < -0.39 is 0 Å². The van der Waals surface area contributed by atoms with Gasteiger partial charge in [0.15, 0.2) is 5.96 Å². The van der Waals surface area contributed by atoms with E-state index in [0.717, 1.165) is 38.7 Å². The molecule has 2 saturated heterocycles. The van der Waals surface area contributed by atoms with Crippen LogP contribution >= 0.6 is 0 Å². The third-order valence-electron chi connectivity index (χ3n) is 5.22. The summed E-state index contributed by atoms with van der Waals surface area (Å²) >= 11 is 0. The van der Waals surface area contributed by atoms with E-state index in [4.69, 9.17) is 9.73 Å². The number of carbonyl (C=O) groups is 1. The zero-order valence-corrected chi connectivity index (χ0v) is 17.0. The number of piperazine rings is 1. The van der Waals surface area contributed by atoms with Gasteiger partial charge in [-0.15, -0.1) is 0 Å². The molecule has 0 spiro atoms. The summed E-state index contributed by atoms with van der Waals surface area (Å²) in [6, 6.07) is 0.617. The number of aliphatic imine (C=N–C) groups is 1. The van der Waals surface area contributed by atoms with Crippen LogP contribution in [0.3, 0.4) is 0 Å². The third kappa shape index (κ3) is 6.04. The predicted octanol–water partition coefficient (Wildman–Crippen LogP) is 1.85. The van der Waals surface area contributed by atoms with Crippen LogP contribution in [0.5, 0.6) is 0 Å². The lowest BCUT2D eigenvalue weighted by Gasteiger charge is -2.37. The Kier molecular flexibility index (Phi) is 8.48. The maximum Gasteiger partial charge on any atom is 0.409 e. The number of hydrogen-bond donors (Lipinski definition) is 1. The Labute approximate surface area is 158 Å². The van der Waals surface area contributed by atoms with Crippen LogP contribution in [-0.4, -0.2) is 91.8 Å². The number of rotatable bonds is 5. The topological polar surface area (TPSA) is 60.4 Å². The molecule has 1 N–H and O–H groups in total. The van der Waals surface area contributed by atoms with Gasteiger partial charge < -0.3 is 24.8 Å². The molecule has 0 aromatic heterocycles. The first kappa shape index (κ1) is 20.8. The maximum absolute atomic E-state index is 11.9. The van der Waals surface area contributed by atoms with Gasteiger partial charge in [-0.05, 0) is 53.0 Å². The van der Waals surface area contributed by atoms with Crippen LogP contribution in [0.15, 0.2) is 4.99 Å². The van der Waals surface area contributed by atoms with Crippen LogP contribution < -0.4 is 5.32 Å². The lowest BCUT2D eigenvalue weighted by molar-refractivity contribution is 0.0913. The molecule has 2 aliphatic rings. The Morgan fingerprint density at radius 2 is 1.85 bits per heavy atom. The number of nitrogens with one attached hydrogen (secondary N) is 1. The first-order valence-electron chi connectivity index (χ1n) is 10.2. The highest BCUT2D eigenvalue weighted by molar-refractivity contribution is 5.80. The van der Waals surface area contributed by atoms with E-state index in [2.05, 4.69) is 35.9 Å². The number of piperidine rings is 1. The molecule has 1 atom stereocenters. The van der Waals surface area contributed by atoms with Crippen molar-refractivity contribution < 1.29 is 9.53 Å². The zero-order valence-electron chi connectivity index (χ0n) is 17.0. The molecule has 2 fully saturated rings. The smallest absolute Gasteiger partial charge is 0.409 e. The van der Waals surface area contributed by atoms with Crippen LogP contribution in [0.25, 0.3) is 0 Å². The summed E-state index contributed by atoms with van der Waals surface area (Å²) in [5.74, 6) is 1.62. The SMILES string of the molecule is CCNC(=NCC1CCCN(C(C)C)C1)N1CCN(C(=O)OCC)CC1. The fourth-order valence-corrected chi connectivity index (χ4v) is 3.67. The Balaban J connectivity index is 1.88. The average Bonchev–Trinajstić information content (AvgIpc) is 2.65. The number of amides is 1. The summed E-state index contributed by atoms with van der Waals surface area (Å²) < 4.78 is 5.10. The molecule has 2 rings (SSSR count). The molecule has 2 heterocycles. The minimum absolute atomic E-state index is 0.204. The van der Waals surface area contributed by atoms with E-state index in [0.29, 0.717) is 31.7 Å². The van der Waals surface area contributed by atoms with Gasteiger partial charge in [-0.3, -0.25) is 4.99 Å². The van der Waals surface area contributed by atoms with Gasteiger partial charge in [-0.25, -0.2) is 4.79 Å². The molecule has 0 aromatic carbocycles. The van der Waals surface area contributed by atoms with Crippen molar-refractivity contribution in [3.8, 4) is 0 Å². The summed E-state index contributed by atoms with van der Waals surface area (Å²) in [6.07, 6.45) is 2.33. The van der Waals surface area contributed by atoms with Gasteiger partial charge >= 0.3 is 6.09 Å². The zero-order chi connectivity index (χ0) is 18.9. The van der Waals surface area contributed by atoms with Crippen molar-refractivity contribution in [2.75, 3.05) is 59.0 Å². The van der Waals surface area contributed by atoms with Gasteiger partial charge in [0.2, 0.25) is 0 Å². The van der Waals surface area contributed by atoms with E-state index in [1.54, 1.807) is 4.90 Å². The van der Waals surface area contributed by atoms with Crippen LogP contribution in [0, 0.1) is 5.92 Å². The van der Waals surface area contributed by atoms with Crippen molar-refractivity contribution >= 4 is 12.1 Å². The van der Waals surface area contributed by atoms with Crippen LogP contribution in [0.4, 0.5) is 4.79 Å². The molecular weight excluding hydrogens is 330 g/mol. The molecule has 0 radical (unpaired) electrons. The lowest BCUT2D eigenvalue weighted by Crippen LogP contribution is -2.54. The van der Waals surface area contributed by atoms with Gasteiger partial charge in [-0.2, -0.15) is 0 Å². The molecule has 0 aromatic rings. The van der Waals surface area contributed by atoms with Crippen molar-refractivity contribution in [3.05, 3.63) is 0 Å². The predicted molar refractivity (Wildman–Crippen MR) is 106 cm³/mol. The summed E-state index contributed by atoms with van der Waals surface area (Å²) in [5.41, 5.74) is 0. The second kappa shape index (κ2) is 10.6. The molecular formula is C19H37N5O2. The maximum atomic E-state index is 11.9. The highest BCUT2D eigenvalue weighted by Crippen LogP contribution is 2.18. The monoisotopic (exact) mass is 367 g/mol. The highest BCUT2D eigenvalue weighted by Gasteiger charge is 2.25. The molecule has 2 aliphatic heterocycles. The van der Waals surface area contributed by atoms with E-state index in [1.165, 1.54) is 19.4 Å². The van der Waals surface area contributed by atoms with Gasteiger partial charge in [0.05, 0.1) is 6.61 Å². The van der Waals surface area contributed by atoms with Crippen molar-refractivity contribution in [2.24, 2.45) is 10.9 Å². The quantitative estimate of drug-likeness (QED) is 0.594. The molecule has 7 heteroatoms. The first-order valence-corrected chi connectivity index (χ1v) is 10.2. The Morgan fingerprint density at radius 3 is 2.46 bits per heavy atom. The van der Waals surface area contributed by atoms with E-state index in [1.807, 2.05) is 6.92 Å². The van der Waals surface area contributed by atoms with Crippen LogP contribution in [0.1, 0.15) is 40.5 Å². The standard InChI is InChI=1S/C19H37N5O2/c1-5-20-18(21-14-17-8-7-9-24(15-17)16(3)4)22-10-12-23(13-11-22)19(25)26-6-2/h16-17H,5-15H2,1-4H3,(H,20,21). The summed E-state index contributed by atoms with van der Waals surface area (Å²) in [5, 5.41) is 3.42. The lowest BCUT2D eigenvalue weighted by atomic mass is 9.97. The number of guanidine groups is 1. The Morgan fingerprint density at radius 1 is 1.15 bits per heavy atom. The molecule has 1 amide bonds. The van der Waals surface area contributed by atoms with Crippen molar-refractivity contribution in [1.82, 2.24) is 20.0 Å². The molecule has 0 aliphatic carbocycles. The number of nitrogens with zero attached hydrogens (tertiary/aromatic N) is 4. The van der Waals surface area contributed by atoms with Crippen LogP contribution in [0.2, 0.25) is 0 Å².